The first-order valence-corrected chi connectivity index (χ1v) is 6.02. The van der Waals surface area contributed by atoms with Crippen LogP contribution in [0.25, 0.3) is 0 Å². The number of benzene rings is 1. The lowest BCUT2D eigenvalue weighted by atomic mass is 10.1. The highest BCUT2D eigenvalue weighted by molar-refractivity contribution is 5.94. The molecule has 0 bridgehead atoms. The molecule has 0 heterocycles. The smallest absolute Gasteiger partial charge is 0.417 e. The van der Waals surface area contributed by atoms with Gasteiger partial charge in [0.25, 0.3) is 0 Å². The van der Waals surface area contributed by atoms with Gasteiger partial charge in [-0.3, -0.25) is 4.79 Å². The Hall–Kier alpha value is -1.72. The molecule has 1 saturated carbocycles. The Labute approximate surface area is 108 Å². The Bertz CT molecular complexity index is 481. The first-order valence-electron chi connectivity index (χ1n) is 6.02. The minimum atomic E-state index is -4.62. The summed E-state index contributed by atoms with van der Waals surface area (Å²) in [5.41, 5.74) is 3.34. The zero-order valence-corrected chi connectivity index (χ0v) is 10.2. The van der Waals surface area contributed by atoms with E-state index >= 15 is 0 Å². The van der Waals surface area contributed by atoms with E-state index in [1.807, 2.05) is 0 Å². The van der Waals surface area contributed by atoms with Crippen molar-refractivity contribution in [1.29, 1.82) is 0 Å². The van der Waals surface area contributed by atoms with Crippen LogP contribution in [0.5, 0.6) is 5.75 Å². The maximum absolute atomic E-state index is 12.8. The summed E-state index contributed by atoms with van der Waals surface area (Å²) in [7, 11) is 0. The fourth-order valence-corrected chi connectivity index (χ4v) is 1.81. The molecular weight excluding hydrogens is 259 g/mol. The summed E-state index contributed by atoms with van der Waals surface area (Å²) in [5.74, 6) is -0.346. The lowest BCUT2D eigenvalue weighted by Gasteiger charge is -2.13. The van der Waals surface area contributed by atoms with Gasteiger partial charge in [0, 0.05) is 0 Å². The van der Waals surface area contributed by atoms with Gasteiger partial charge < -0.3 is 10.5 Å². The second kappa shape index (κ2) is 5.11. The molecule has 1 amide bonds. The SMILES string of the molecule is NC(=O)c1ccc(OCCC2CC2)cc1C(F)(F)F. The second-order valence-electron chi connectivity index (χ2n) is 4.65. The molecule has 2 rings (SSSR count). The largest absolute Gasteiger partial charge is 0.494 e. The van der Waals surface area contributed by atoms with Gasteiger partial charge in [0.05, 0.1) is 17.7 Å². The van der Waals surface area contributed by atoms with Crippen molar-refractivity contribution in [3.8, 4) is 5.75 Å². The Kier molecular flexibility index (Phi) is 3.68. The number of halogens is 3. The molecule has 1 aromatic rings. The Morgan fingerprint density at radius 2 is 2.05 bits per heavy atom. The molecule has 0 atom stereocenters. The summed E-state index contributed by atoms with van der Waals surface area (Å²) in [4.78, 5) is 11.0. The number of amides is 1. The summed E-state index contributed by atoms with van der Waals surface area (Å²) in [5, 5.41) is 0. The molecule has 19 heavy (non-hydrogen) atoms. The summed E-state index contributed by atoms with van der Waals surface area (Å²) >= 11 is 0. The average Bonchev–Trinajstić information content (AvgIpc) is 3.11. The van der Waals surface area contributed by atoms with Crippen molar-refractivity contribution in [2.45, 2.75) is 25.4 Å². The number of alkyl halides is 3. The number of hydrogen-bond acceptors (Lipinski definition) is 2. The van der Waals surface area contributed by atoms with Gasteiger partial charge in [-0.05, 0) is 30.5 Å². The molecule has 104 valence electrons. The minimum absolute atomic E-state index is 0.109. The number of hydrogen-bond donors (Lipinski definition) is 1. The highest BCUT2D eigenvalue weighted by Gasteiger charge is 2.35. The van der Waals surface area contributed by atoms with Crippen molar-refractivity contribution < 1.29 is 22.7 Å². The predicted octanol–water partition coefficient (Wildman–Crippen LogP) is 2.98. The van der Waals surface area contributed by atoms with Crippen LogP contribution in [-0.2, 0) is 6.18 Å². The Balaban J connectivity index is 2.14. The summed E-state index contributed by atoms with van der Waals surface area (Å²) in [6.07, 6.45) is -1.45. The number of ether oxygens (including phenoxy) is 1. The topological polar surface area (TPSA) is 52.3 Å². The average molecular weight is 273 g/mol. The molecule has 0 unspecified atom stereocenters. The predicted molar refractivity (Wildman–Crippen MR) is 62.8 cm³/mol. The van der Waals surface area contributed by atoms with E-state index in [0.29, 0.717) is 12.5 Å². The highest BCUT2D eigenvalue weighted by atomic mass is 19.4. The second-order valence-corrected chi connectivity index (χ2v) is 4.65. The molecule has 2 N–H and O–H groups in total. The number of nitrogens with two attached hydrogens (primary N) is 1. The maximum Gasteiger partial charge on any atom is 0.417 e. The van der Waals surface area contributed by atoms with Crippen molar-refractivity contribution in [2.75, 3.05) is 6.61 Å². The van der Waals surface area contributed by atoms with Gasteiger partial charge >= 0.3 is 6.18 Å². The van der Waals surface area contributed by atoms with E-state index in [0.717, 1.165) is 31.4 Å². The Morgan fingerprint density at radius 1 is 1.37 bits per heavy atom. The molecule has 3 nitrogen and oxygen atoms in total. The van der Waals surface area contributed by atoms with E-state index in [1.54, 1.807) is 0 Å². The number of primary amides is 1. The van der Waals surface area contributed by atoms with Gasteiger partial charge in [0.1, 0.15) is 5.75 Å². The lowest BCUT2D eigenvalue weighted by Crippen LogP contribution is -2.19. The van der Waals surface area contributed by atoms with Crippen LogP contribution in [0.3, 0.4) is 0 Å². The normalized spacial score (nSPS) is 15.3. The lowest BCUT2D eigenvalue weighted by molar-refractivity contribution is -0.138. The van der Waals surface area contributed by atoms with Crippen LogP contribution in [0.1, 0.15) is 35.2 Å². The Morgan fingerprint density at radius 3 is 2.58 bits per heavy atom. The van der Waals surface area contributed by atoms with E-state index in [4.69, 9.17) is 10.5 Å². The number of carbonyl (C=O) groups excluding carboxylic acids is 1. The van der Waals surface area contributed by atoms with Gasteiger partial charge in [-0.2, -0.15) is 13.2 Å². The van der Waals surface area contributed by atoms with Crippen molar-refractivity contribution in [3.05, 3.63) is 29.3 Å². The molecule has 0 spiro atoms. The molecule has 0 aliphatic heterocycles. The van der Waals surface area contributed by atoms with Crippen LogP contribution in [0, 0.1) is 5.92 Å². The molecule has 1 aliphatic rings. The van der Waals surface area contributed by atoms with Crippen LogP contribution in [0.2, 0.25) is 0 Å². The van der Waals surface area contributed by atoms with E-state index in [1.165, 1.54) is 6.07 Å². The fourth-order valence-electron chi connectivity index (χ4n) is 1.81. The molecule has 6 heteroatoms. The van der Waals surface area contributed by atoms with Crippen LogP contribution in [0.15, 0.2) is 18.2 Å². The summed E-state index contributed by atoms with van der Waals surface area (Å²) in [6.45, 7) is 0.387. The molecule has 1 aromatic carbocycles. The molecule has 0 radical (unpaired) electrons. The molecule has 0 saturated heterocycles. The van der Waals surface area contributed by atoms with Crippen LogP contribution in [0.4, 0.5) is 13.2 Å². The van der Waals surface area contributed by atoms with Crippen LogP contribution in [-0.4, -0.2) is 12.5 Å². The van der Waals surface area contributed by atoms with Crippen molar-refractivity contribution in [2.24, 2.45) is 11.7 Å². The van der Waals surface area contributed by atoms with Gasteiger partial charge in [0.2, 0.25) is 5.91 Å². The molecular formula is C13H14F3NO2. The maximum atomic E-state index is 12.8. The van der Waals surface area contributed by atoms with Gasteiger partial charge in [-0.1, -0.05) is 12.8 Å². The number of rotatable bonds is 5. The zero-order valence-electron chi connectivity index (χ0n) is 10.2. The summed E-state index contributed by atoms with van der Waals surface area (Å²) in [6, 6.07) is 3.22. The zero-order chi connectivity index (χ0) is 14.0. The van der Waals surface area contributed by atoms with Crippen LogP contribution < -0.4 is 10.5 Å². The summed E-state index contributed by atoms with van der Waals surface area (Å²) < 4.78 is 43.6. The number of carbonyl (C=O) groups is 1. The van der Waals surface area contributed by atoms with Gasteiger partial charge in [0.15, 0.2) is 0 Å². The monoisotopic (exact) mass is 273 g/mol. The standard InChI is InChI=1S/C13H14F3NO2/c14-13(15,16)11-7-9(3-4-10(11)12(17)18)19-6-5-8-1-2-8/h3-4,7-8H,1-2,5-6H2,(H2,17,18). The minimum Gasteiger partial charge on any atom is -0.494 e. The van der Waals surface area contributed by atoms with E-state index in [9.17, 15) is 18.0 Å². The third kappa shape index (κ3) is 3.62. The highest BCUT2D eigenvalue weighted by Crippen LogP contribution is 2.35. The van der Waals surface area contributed by atoms with Crippen LogP contribution >= 0.6 is 0 Å². The van der Waals surface area contributed by atoms with E-state index < -0.39 is 23.2 Å². The van der Waals surface area contributed by atoms with Crippen molar-refractivity contribution in [3.63, 3.8) is 0 Å². The van der Waals surface area contributed by atoms with Gasteiger partial charge in [-0.25, -0.2) is 0 Å². The molecule has 0 aromatic heterocycles. The molecule has 1 fully saturated rings. The quantitative estimate of drug-likeness (QED) is 0.896. The van der Waals surface area contributed by atoms with Gasteiger partial charge in [-0.15, -0.1) is 0 Å². The fraction of sp³-hybridized carbons (Fsp3) is 0.462. The first kappa shape index (κ1) is 13.7. The van der Waals surface area contributed by atoms with Crippen molar-refractivity contribution in [1.82, 2.24) is 0 Å². The van der Waals surface area contributed by atoms with E-state index in [2.05, 4.69) is 0 Å². The van der Waals surface area contributed by atoms with E-state index in [-0.39, 0.29) is 5.75 Å². The third-order valence-electron chi connectivity index (χ3n) is 3.05. The third-order valence-corrected chi connectivity index (χ3v) is 3.05. The van der Waals surface area contributed by atoms with Crippen molar-refractivity contribution >= 4 is 5.91 Å². The molecule has 1 aliphatic carbocycles. The first-order chi connectivity index (χ1) is 8.88.